The summed E-state index contributed by atoms with van der Waals surface area (Å²) in [6.45, 7) is 2.42. The second-order valence-electron chi connectivity index (χ2n) is 8.23. The SMILES string of the molecule is Cc1ccc(S(=O)(=O)N[C@@H](CC2(C(=O)[C@@H]3CCCN3)C=CC=C(C(=O)O)C2)C(=O)O)cc1. The molecule has 1 aromatic carbocycles. The summed E-state index contributed by atoms with van der Waals surface area (Å²) >= 11 is 0. The van der Waals surface area contributed by atoms with Crippen molar-refractivity contribution in [3.05, 3.63) is 53.6 Å². The fourth-order valence-corrected chi connectivity index (χ4v) is 5.32. The van der Waals surface area contributed by atoms with Crippen molar-refractivity contribution >= 4 is 27.7 Å². The predicted octanol–water partition coefficient (Wildman–Crippen LogP) is 1.40. The zero-order valence-corrected chi connectivity index (χ0v) is 18.4. The molecule has 3 atom stereocenters. The van der Waals surface area contributed by atoms with Gasteiger partial charge in [-0.15, -0.1) is 0 Å². The van der Waals surface area contributed by atoms with E-state index in [4.69, 9.17) is 0 Å². The standard InChI is InChI=1S/C22H26N2O7S/c1-14-6-8-16(9-7-14)32(30,31)24-18(21(28)29)13-22(19(25)17-5-3-11-23-17)10-2-4-15(12-22)20(26)27/h2,4,6-10,17-18,23-24H,3,5,11-13H2,1H3,(H,26,27)(H,28,29)/t17-,18-,22?/m0/s1. The molecule has 0 saturated carbocycles. The lowest BCUT2D eigenvalue weighted by molar-refractivity contribution is -0.140. The highest BCUT2D eigenvalue weighted by Gasteiger charge is 2.46. The average Bonchev–Trinajstić information content (AvgIpc) is 3.27. The van der Waals surface area contributed by atoms with Crippen molar-refractivity contribution in [2.45, 2.75) is 49.6 Å². The number of aliphatic carboxylic acids is 2. The first-order valence-electron chi connectivity index (χ1n) is 10.3. The molecule has 9 nitrogen and oxygen atoms in total. The first kappa shape index (κ1) is 23.8. The van der Waals surface area contributed by atoms with Crippen LogP contribution in [0.4, 0.5) is 0 Å². The number of rotatable bonds is 9. The van der Waals surface area contributed by atoms with E-state index in [0.29, 0.717) is 13.0 Å². The maximum Gasteiger partial charge on any atom is 0.331 e. The van der Waals surface area contributed by atoms with E-state index in [9.17, 15) is 33.0 Å². The molecule has 1 heterocycles. The van der Waals surface area contributed by atoms with Gasteiger partial charge in [0.1, 0.15) is 6.04 Å². The Bertz CT molecular complexity index is 1070. The van der Waals surface area contributed by atoms with Crippen LogP contribution >= 0.6 is 0 Å². The summed E-state index contributed by atoms with van der Waals surface area (Å²) in [5, 5.41) is 22.3. The highest BCUT2D eigenvalue weighted by Crippen LogP contribution is 2.39. The molecule has 1 aliphatic carbocycles. The monoisotopic (exact) mass is 462 g/mol. The first-order chi connectivity index (χ1) is 15.0. The van der Waals surface area contributed by atoms with E-state index in [2.05, 4.69) is 10.0 Å². The highest BCUT2D eigenvalue weighted by molar-refractivity contribution is 7.89. The molecule has 10 heteroatoms. The van der Waals surface area contributed by atoms with Gasteiger partial charge in [-0.25, -0.2) is 13.2 Å². The molecule has 0 spiro atoms. The summed E-state index contributed by atoms with van der Waals surface area (Å²) in [6, 6.07) is 3.74. The van der Waals surface area contributed by atoms with Crippen LogP contribution in [0, 0.1) is 12.3 Å². The van der Waals surface area contributed by atoms with Crippen LogP contribution in [-0.4, -0.2) is 55.0 Å². The Labute approximate surface area is 186 Å². The average molecular weight is 463 g/mol. The molecule has 3 rings (SSSR count). The van der Waals surface area contributed by atoms with Crippen LogP contribution in [0.5, 0.6) is 0 Å². The molecule has 1 fully saturated rings. The van der Waals surface area contributed by atoms with E-state index in [1.807, 2.05) is 0 Å². The van der Waals surface area contributed by atoms with Crippen LogP contribution in [0.25, 0.3) is 0 Å². The van der Waals surface area contributed by atoms with E-state index in [1.165, 1.54) is 30.4 Å². The number of carbonyl (C=O) groups excluding carboxylic acids is 1. The number of carbonyl (C=O) groups is 3. The maximum atomic E-state index is 13.4. The number of allylic oxidation sites excluding steroid dienone is 3. The molecule has 1 saturated heterocycles. The summed E-state index contributed by atoms with van der Waals surface area (Å²) in [6.07, 6.45) is 4.97. The number of aryl methyl sites for hydroxylation is 1. The van der Waals surface area contributed by atoms with Crippen molar-refractivity contribution in [3.63, 3.8) is 0 Å². The van der Waals surface area contributed by atoms with Gasteiger partial charge in [-0.2, -0.15) is 4.72 Å². The van der Waals surface area contributed by atoms with Gasteiger partial charge in [0.05, 0.1) is 16.4 Å². The van der Waals surface area contributed by atoms with E-state index in [0.717, 1.165) is 12.0 Å². The predicted molar refractivity (Wildman–Crippen MR) is 115 cm³/mol. The van der Waals surface area contributed by atoms with Gasteiger partial charge >= 0.3 is 11.9 Å². The van der Waals surface area contributed by atoms with Crippen LogP contribution < -0.4 is 10.0 Å². The molecular weight excluding hydrogens is 436 g/mol. The highest BCUT2D eigenvalue weighted by atomic mass is 32.2. The van der Waals surface area contributed by atoms with Crippen molar-refractivity contribution < 1.29 is 33.0 Å². The number of hydrogen-bond donors (Lipinski definition) is 4. The number of carboxylic acids is 2. The fraction of sp³-hybridized carbons (Fsp3) is 0.409. The molecular formula is C22H26N2O7S. The third-order valence-electron chi connectivity index (χ3n) is 5.86. The van der Waals surface area contributed by atoms with E-state index >= 15 is 0 Å². The van der Waals surface area contributed by atoms with Crippen LogP contribution in [0.2, 0.25) is 0 Å². The maximum absolute atomic E-state index is 13.4. The molecule has 4 N–H and O–H groups in total. The number of sulfonamides is 1. The van der Waals surface area contributed by atoms with Crippen LogP contribution in [0.15, 0.2) is 53.0 Å². The Morgan fingerprint density at radius 3 is 2.47 bits per heavy atom. The minimum absolute atomic E-state index is 0.0376. The summed E-state index contributed by atoms with van der Waals surface area (Å²) in [5.74, 6) is -3.00. The molecule has 0 aromatic heterocycles. The smallest absolute Gasteiger partial charge is 0.331 e. The Balaban J connectivity index is 1.93. The van der Waals surface area contributed by atoms with Crippen molar-refractivity contribution in [1.29, 1.82) is 0 Å². The first-order valence-corrected chi connectivity index (χ1v) is 11.7. The number of carboxylic acid groups (broad SMARTS) is 2. The third-order valence-corrected chi connectivity index (χ3v) is 7.34. The van der Waals surface area contributed by atoms with E-state index < -0.39 is 45.9 Å². The van der Waals surface area contributed by atoms with Crippen LogP contribution in [0.3, 0.4) is 0 Å². The van der Waals surface area contributed by atoms with Gasteiger partial charge in [-0.3, -0.25) is 9.59 Å². The fourth-order valence-electron chi connectivity index (χ4n) is 4.13. The minimum Gasteiger partial charge on any atom is -0.480 e. The van der Waals surface area contributed by atoms with Crippen molar-refractivity contribution in [3.8, 4) is 0 Å². The summed E-state index contributed by atoms with van der Waals surface area (Å²) in [4.78, 5) is 36.9. The number of Topliss-reactive ketones (excluding diaryl/α,β-unsaturated/α-hetero) is 1. The Morgan fingerprint density at radius 1 is 1.22 bits per heavy atom. The number of ketones is 1. The summed E-state index contributed by atoms with van der Waals surface area (Å²) in [5.41, 5.74) is -0.666. The topological polar surface area (TPSA) is 150 Å². The minimum atomic E-state index is -4.19. The van der Waals surface area contributed by atoms with Crippen molar-refractivity contribution in [1.82, 2.24) is 10.0 Å². The molecule has 32 heavy (non-hydrogen) atoms. The second kappa shape index (κ2) is 9.35. The number of hydrogen-bond acceptors (Lipinski definition) is 6. The number of nitrogens with one attached hydrogen (secondary N) is 2. The van der Waals surface area contributed by atoms with Gasteiger partial charge < -0.3 is 15.5 Å². The molecule has 1 aromatic rings. The quantitative estimate of drug-likeness (QED) is 0.430. The Kier molecular flexibility index (Phi) is 6.97. The van der Waals surface area contributed by atoms with Gasteiger partial charge in [-0.1, -0.05) is 35.9 Å². The van der Waals surface area contributed by atoms with Gasteiger partial charge in [0.25, 0.3) is 0 Å². The zero-order chi connectivity index (χ0) is 23.5. The van der Waals surface area contributed by atoms with Crippen molar-refractivity contribution in [2.24, 2.45) is 5.41 Å². The zero-order valence-electron chi connectivity index (χ0n) is 17.6. The largest absolute Gasteiger partial charge is 0.480 e. The molecule has 1 aliphatic heterocycles. The van der Waals surface area contributed by atoms with Crippen LogP contribution in [0.1, 0.15) is 31.2 Å². The lowest BCUT2D eigenvalue weighted by Gasteiger charge is -2.35. The normalized spacial score (nSPS) is 24.0. The van der Waals surface area contributed by atoms with Gasteiger partial charge in [0, 0.05) is 5.57 Å². The molecule has 1 unspecified atom stereocenters. The lowest BCUT2D eigenvalue weighted by atomic mass is 9.69. The Morgan fingerprint density at radius 2 is 1.91 bits per heavy atom. The van der Waals surface area contributed by atoms with Gasteiger partial charge in [0.15, 0.2) is 5.78 Å². The van der Waals surface area contributed by atoms with Crippen LogP contribution in [-0.2, 0) is 24.4 Å². The van der Waals surface area contributed by atoms with Crippen molar-refractivity contribution in [2.75, 3.05) is 6.54 Å². The molecule has 2 aliphatic rings. The van der Waals surface area contributed by atoms with E-state index in [1.54, 1.807) is 19.1 Å². The molecule has 0 radical (unpaired) electrons. The number of benzene rings is 1. The molecule has 172 valence electrons. The molecule has 0 amide bonds. The second-order valence-corrected chi connectivity index (χ2v) is 9.95. The third kappa shape index (κ3) is 5.14. The lowest BCUT2D eigenvalue weighted by Crippen LogP contribution is -2.50. The van der Waals surface area contributed by atoms with E-state index in [-0.39, 0.29) is 22.7 Å². The molecule has 0 bridgehead atoms. The van der Waals surface area contributed by atoms with Gasteiger partial charge in [-0.05, 0) is 51.3 Å². The Hall–Kier alpha value is -2.82. The summed E-state index contributed by atoms with van der Waals surface area (Å²) < 4.78 is 27.8. The van der Waals surface area contributed by atoms with Gasteiger partial charge in [0.2, 0.25) is 10.0 Å². The summed E-state index contributed by atoms with van der Waals surface area (Å²) in [7, 11) is -4.19.